The number of hydrogen-bond donors (Lipinski definition) is 0. The summed E-state index contributed by atoms with van der Waals surface area (Å²) >= 11 is 0. The summed E-state index contributed by atoms with van der Waals surface area (Å²) in [6.45, 7) is 0. The topological polar surface area (TPSA) is 53.7 Å². The second-order valence-corrected chi connectivity index (χ2v) is 17.4. The van der Waals surface area contributed by atoms with Crippen LogP contribution in [0, 0.1) is 0 Å². The van der Waals surface area contributed by atoms with E-state index in [1.54, 1.807) is 0 Å². The molecule has 14 rings (SSSR count). The Morgan fingerprint density at radius 1 is 0.309 bits per heavy atom. The van der Waals surface area contributed by atoms with E-state index in [1.165, 1.54) is 16.2 Å². The molecule has 0 unspecified atom stereocenters. The van der Waals surface area contributed by atoms with Gasteiger partial charge < -0.3 is 13.6 Å². The fourth-order valence-corrected chi connectivity index (χ4v) is 10.6. The molecular weight excluding hydrogens is 831 g/mol. The number of aromatic nitrogens is 5. The van der Waals surface area contributed by atoms with Crippen LogP contribution in [-0.2, 0) is 0 Å². The third-order valence-electron chi connectivity index (χ3n) is 13.6. The molecule has 0 aliphatic heterocycles. The predicted octanol–water partition coefficient (Wildman–Crippen LogP) is 16.0. The average Bonchev–Trinajstić information content (AvgIpc) is 4.19. The fraction of sp³-hybridized carbons (Fsp3) is 0. The molecule has 0 aliphatic rings. The van der Waals surface area contributed by atoms with Crippen LogP contribution in [0.4, 0.5) is 0 Å². The number of para-hydroxylation sites is 4. The Labute approximate surface area is 390 Å². The van der Waals surface area contributed by atoms with Gasteiger partial charge in [-0.05, 0) is 83.4 Å². The molecule has 0 radical (unpaired) electrons. The normalized spacial score (nSPS) is 11.8. The van der Waals surface area contributed by atoms with Crippen molar-refractivity contribution < 1.29 is 4.42 Å². The van der Waals surface area contributed by atoms with Gasteiger partial charge in [0.2, 0.25) is 0 Å². The van der Waals surface area contributed by atoms with E-state index in [9.17, 15) is 0 Å². The monoisotopic (exact) mass is 869 g/mol. The summed E-state index contributed by atoms with van der Waals surface area (Å²) in [6.07, 6.45) is 0. The standard InChI is InChI=1S/C62H39N5O/c1-3-17-40(18-4-1)61-63-64-62(41-19-5-2-6-20-41)66(61)46-33-34-49-48-26-8-12-30-54(48)67(57(49)39-46)53-29-11-7-25-47(53)44-23-15-21-42(37-44)43-22-16-24-45(38-43)65-55-31-13-9-28-52(55)59-56(65)36-35-51-50-27-10-14-32-58(50)68-60(51)59/h1-39H. The third-order valence-corrected chi connectivity index (χ3v) is 13.6. The van der Waals surface area contributed by atoms with Crippen molar-refractivity contribution in [3.63, 3.8) is 0 Å². The van der Waals surface area contributed by atoms with Crippen LogP contribution in [0.3, 0.4) is 0 Å². The molecule has 0 atom stereocenters. The van der Waals surface area contributed by atoms with Crippen LogP contribution in [0.15, 0.2) is 241 Å². The summed E-state index contributed by atoms with van der Waals surface area (Å²) in [5, 5.41) is 16.5. The van der Waals surface area contributed by atoms with Crippen LogP contribution in [0.1, 0.15) is 0 Å². The van der Waals surface area contributed by atoms with Crippen LogP contribution in [0.25, 0.3) is 128 Å². The van der Waals surface area contributed by atoms with Crippen molar-refractivity contribution in [2.75, 3.05) is 0 Å². The Bertz CT molecular complexity index is 4210. The van der Waals surface area contributed by atoms with E-state index in [2.05, 4.69) is 208 Å². The highest BCUT2D eigenvalue weighted by molar-refractivity contribution is 6.24. The van der Waals surface area contributed by atoms with Crippen molar-refractivity contribution in [1.82, 2.24) is 23.9 Å². The van der Waals surface area contributed by atoms with Crippen LogP contribution < -0.4 is 0 Å². The molecule has 0 N–H and O–H groups in total. The minimum absolute atomic E-state index is 0.786. The summed E-state index contributed by atoms with van der Waals surface area (Å²) in [7, 11) is 0. The van der Waals surface area contributed by atoms with Crippen LogP contribution in [-0.4, -0.2) is 23.9 Å². The quantitative estimate of drug-likeness (QED) is 0.160. The van der Waals surface area contributed by atoms with Crippen molar-refractivity contribution in [2.45, 2.75) is 0 Å². The Kier molecular flexibility index (Phi) is 8.48. The number of nitrogens with zero attached hydrogens (tertiary/aromatic N) is 5. The summed E-state index contributed by atoms with van der Waals surface area (Å²) in [6, 6.07) is 84.1. The van der Waals surface area contributed by atoms with E-state index >= 15 is 0 Å². The highest BCUT2D eigenvalue weighted by Crippen LogP contribution is 2.42. The van der Waals surface area contributed by atoms with Gasteiger partial charge in [0.1, 0.15) is 11.2 Å². The summed E-state index contributed by atoms with van der Waals surface area (Å²) in [5.41, 5.74) is 16.0. The Hall–Kier alpha value is -9.26. The van der Waals surface area contributed by atoms with Gasteiger partial charge >= 0.3 is 0 Å². The zero-order chi connectivity index (χ0) is 44.7. The highest BCUT2D eigenvalue weighted by atomic mass is 16.3. The molecule has 318 valence electrons. The lowest BCUT2D eigenvalue weighted by atomic mass is 9.97. The number of furan rings is 1. The van der Waals surface area contributed by atoms with E-state index in [1.807, 2.05) is 42.5 Å². The number of fused-ring (bicyclic) bond motifs is 10. The Morgan fingerprint density at radius 3 is 1.65 bits per heavy atom. The minimum atomic E-state index is 0.786. The van der Waals surface area contributed by atoms with E-state index in [0.29, 0.717) is 0 Å². The smallest absolute Gasteiger partial charge is 0.168 e. The molecule has 0 fully saturated rings. The Morgan fingerprint density at radius 2 is 0.868 bits per heavy atom. The lowest BCUT2D eigenvalue weighted by Crippen LogP contribution is -2.02. The molecule has 6 heteroatoms. The average molecular weight is 870 g/mol. The van der Waals surface area contributed by atoms with Gasteiger partial charge in [-0.15, -0.1) is 10.2 Å². The first-order valence-corrected chi connectivity index (χ1v) is 23.0. The molecule has 0 bridgehead atoms. The van der Waals surface area contributed by atoms with E-state index in [4.69, 9.17) is 14.6 Å². The SMILES string of the molecule is c1ccc(-c2nnc(-c3ccccc3)n2-c2ccc3c4ccccc4n(-c4ccccc4-c4cccc(-c5cccc(-n6c7ccccc7c7c8oc9ccccc9c8ccc76)c5)c4)c3c2)cc1. The van der Waals surface area contributed by atoms with E-state index < -0.39 is 0 Å². The van der Waals surface area contributed by atoms with Gasteiger partial charge in [0.25, 0.3) is 0 Å². The molecule has 0 saturated heterocycles. The summed E-state index contributed by atoms with van der Waals surface area (Å²) in [4.78, 5) is 0. The Balaban J connectivity index is 0.914. The minimum Gasteiger partial charge on any atom is -0.455 e. The van der Waals surface area contributed by atoms with Gasteiger partial charge in [0.05, 0.1) is 38.8 Å². The van der Waals surface area contributed by atoms with Crippen LogP contribution in [0.5, 0.6) is 0 Å². The van der Waals surface area contributed by atoms with Crippen LogP contribution in [0.2, 0.25) is 0 Å². The molecule has 4 aromatic heterocycles. The summed E-state index contributed by atoms with van der Waals surface area (Å²) in [5.74, 6) is 1.57. The van der Waals surface area contributed by atoms with Gasteiger partial charge in [-0.2, -0.15) is 0 Å². The van der Waals surface area contributed by atoms with Crippen molar-refractivity contribution in [3.8, 4) is 62.1 Å². The fourth-order valence-electron chi connectivity index (χ4n) is 10.6. The van der Waals surface area contributed by atoms with E-state index in [0.717, 1.165) is 111 Å². The summed E-state index contributed by atoms with van der Waals surface area (Å²) < 4.78 is 13.6. The first-order chi connectivity index (χ1) is 33.7. The largest absolute Gasteiger partial charge is 0.455 e. The first kappa shape index (κ1) is 38.1. The number of benzene rings is 10. The molecule has 0 saturated carbocycles. The van der Waals surface area contributed by atoms with Crippen molar-refractivity contribution in [3.05, 3.63) is 237 Å². The molecule has 0 amide bonds. The maximum absolute atomic E-state index is 6.60. The zero-order valence-electron chi connectivity index (χ0n) is 36.7. The zero-order valence-corrected chi connectivity index (χ0v) is 36.7. The van der Waals surface area contributed by atoms with Gasteiger partial charge in [-0.25, -0.2) is 0 Å². The molecule has 14 aromatic rings. The molecule has 10 aromatic carbocycles. The lowest BCUT2D eigenvalue weighted by Gasteiger charge is -2.16. The molecular formula is C62H39N5O. The van der Waals surface area contributed by atoms with Gasteiger partial charge in [0.15, 0.2) is 11.6 Å². The number of hydrogen-bond acceptors (Lipinski definition) is 3. The molecule has 68 heavy (non-hydrogen) atoms. The predicted molar refractivity (Wildman–Crippen MR) is 279 cm³/mol. The second kappa shape index (κ2) is 15.2. The van der Waals surface area contributed by atoms with Crippen LogP contribution >= 0.6 is 0 Å². The lowest BCUT2D eigenvalue weighted by molar-refractivity contribution is 0.673. The van der Waals surface area contributed by atoms with Crippen molar-refractivity contribution in [1.29, 1.82) is 0 Å². The van der Waals surface area contributed by atoms with Gasteiger partial charge in [-0.3, -0.25) is 4.57 Å². The number of rotatable bonds is 7. The van der Waals surface area contributed by atoms with Gasteiger partial charge in [-0.1, -0.05) is 170 Å². The molecule has 4 heterocycles. The van der Waals surface area contributed by atoms with Crippen molar-refractivity contribution >= 4 is 65.6 Å². The van der Waals surface area contributed by atoms with E-state index in [-0.39, 0.29) is 0 Å². The van der Waals surface area contributed by atoms with Gasteiger partial charge in [0, 0.05) is 49.3 Å². The molecule has 0 spiro atoms. The molecule has 0 aliphatic carbocycles. The third kappa shape index (κ3) is 5.84. The van der Waals surface area contributed by atoms with Crippen molar-refractivity contribution in [2.24, 2.45) is 0 Å². The second-order valence-electron chi connectivity index (χ2n) is 17.4. The maximum atomic E-state index is 6.60. The molecule has 6 nitrogen and oxygen atoms in total. The highest BCUT2D eigenvalue weighted by Gasteiger charge is 2.22. The first-order valence-electron chi connectivity index (χ1n) is 23.0. The maximum Gasteiger partial charge on any atom is 0.168 e.